The number of amides is 3. The highest BCUT2D eigenvalue weighted by molar-refractivity contribution is 6.21. The van der Waals surface area contributed by atoms with Crippen molar-refractivity contribution in [1.82, 2.24) is 19.9 Å². The first-order valence-electron chi connectivity index (χ1n) is 8.26. The average Bonchev–Trinajstić information content (AvgIpc) is 3.24. The minimum Gasteiger partial charge on any atom is -0.477 e. The van der Waals surface area contributed by atoms with Crippen molar-refractivity contribution in [3.8, 4) is 0 Å². The lowest BCUT2D eigenvalue weighted by atomic mass is 10.0. The third kappa shape index (κ3) is 2.35. The van der Waals surface area contributed by atoms with Gasteiger partial charge in [0.25, 0.3) is 17.7 Å². The number of carbonyl (C=O) groups excluding carboxylic acids is 4. The maximum Gasteiger partial charge on any atom is 0.372 e. The molecule has 1 aromatic rings. The molecular weight excluding hydrogens is 396 g/mol. The molecular formula is C15H12N4O10. The molecule has 3 atom stereocenters. The van der Waals surface area contributed by atoms with E-state index in [2.05, 4.69) is 0 Å². The number of carboxylic acids is 1. The summed E-state index contributed by atoms with van der Waals surface area (Å²) in [6, 6.07) is -1.74. The number of ether oxygens (including phenoxy) is 1. The Morgan fingerprint density at radius 1 is 1.07 bits per heavy atom. The van der Waals surface area contributed by atoms with Crippen molar-refractivity contribution in [3.05, 3.63) is 32.1 Å². The topological polar surface area (TPSA) is 196 Å². The largest absolute Gasteiger partial charge is 0.477 e. The van der Waals surface area contributed by atoms with Crippen LogP contribution >= 0.6 is 0 Å². The molecule has 3 amide bonds. The number of aliphatic carboxylic acids is 1. The standard InChI is InChI=1S/C15H12N4O10/c1-4-3-28-19(10(4)22)15(14(26)27)2-5(13(25)29-15)18-11(23)6-7(12(18)24)17-9(21)8(20)16-6/h4-5H,2-3H2,1H3,(H,16,20)(H,17,21)(H,26,27)/t4-,5?,15?/m0/s1. The summed E-state index contributed by atoms with van der Waals surface area (Å²) in [5.41, 5.74) is -6.07. The monoisotopic (exact) mass is 408 g/mol. The molecule has 4 heterocycles. The number of hydrogen-bond donors (Lipinski definition) is 3. The second-order valence-electron chi connectivity index (χ2n) is 6.70. The Morgan fingerprint density at radius 3 is 2.07 bits per heavy atom. The normalized spacial score (nSPS) is 28.9. The van der Waals surface area contributed by atoms with Crippen LogP contribution in [0.3, 0.4) is 0 Å². The number of fused-ring (bicyclic) bond motifs is 1. The quantitative estimate of drug-likeness (QED) is 0.266. The third-order valence-electron chi connectivity index (χ3n) is 4.86. The van der Waals surface area contributed by atoms with Crippen LogP contribution in [0.5, 0.6) is 0 Å². The van der Waals surface area contributed by atoms with Gasteiger partial charge in [0.2, 0.25) is 0 Å². The molecule has 3 N–H and O–H groups in total. The van der Waals surface area contributed by atoms with Crippen LogP contribution in [0.1, 0.15) is 34.3 Å². The van der Waals surface area contributed by atoms with Crippen LogP contribution in [0.15, 0.2) is 9.59 Å². The lowest BCUT2D eigenvalue weighted by Gasteiger charge is -2.30. The fraction of sp³-hybridized carbons (Fsp3) is 0.400. The van der Waals surface area contributed by atoms with Crippen molar-refractivity contribution in [2.24, 2.45) is 5.92 Å². The molecule has 2 saturated heterocycles. The molecule has 2 unspecified atom stereocenters. The highest BCUT2D eigenvalue weighted by Crippen LogP contribution is 2.38. The number of imide groups is 1. The van der Waals surface area contributed by atoms with Crippen LogP contribution in [-0.2, 0) is 24.0 Å². The molecule has 14 heteroatoms. The Kier molecular flexibility index (Phi) is 3.74. The molecule has 3 aliphatic rings. The van der Waals surface area contributed by atoms with E-state index in [0.717, 1.165) is 0 Å². The van der Waals surface area contributed by atoms with Crippen LogP contribution in [0.4, 0.5) is 0 Å². The minimum absolute atomic E-state index is 0.147. The van der Waals surface area contributed by atoms with Gasteiger partial charge in [-0.05, 0) is 0 Å². The Bertz CT molecular complexity index is 1070. The van der Waals surface area contributed by atoms with Crippen LogP contribution < -0.4 is 11.1 Å². The molecule has 4 rings (SSSR count). The summed E-state index contributed by atoms with van der Waals surface area (Å²) in [4.78, 5) is 93.9. The van der Waals surface area contributed by atoms with Crippen LogP contribution in [0, 0.1) is 5.92 Å². The van der Waals surface area contributed by atoms with E-state index < -0.39 is 76.3 Å². The van der Waals surface area contributed by atoms with E-state index >= 15 is 0 Å². The Balaban J connectivity index is 1.73. The van der Waals surface area contributed by atoms with Crippen molar-refractivity contribution in [2.75, 3.05) is 6.61 Å². The van der Waals surface area contributed by atoms with Gasteiger partial charge < -0.3 is 19.8 Å². The molecule has 0 radical (unpaired) electrons. The van der Waals surface area contributed by atoms with E-state index in [1.807, 2.05) is 9.97 Å². The Labute approximate surface area is 158 Å². The summed E-state index contributed by atoms with van der Waals surface area (Å²) in [5, 5.41) is 10.1. The van der Waals surface area contributed by atoms with Crippen molar-refractivity contribution in [3.63, 3.8) is 0 Å². The fourth-order valence-electron chi connectivity index (χ4n) is 3.37. The maximum absolute atomic E-state index is 12.6. The predicted molar refractivity (Wildman–Crippen MR) is 85.0 cm³/mol. The Morgan fingerprint density at radius 2 is 1.62 bits per heavy atom. The number of aromatic amines is 2. The number of carbonyl (C=O) groups is 5. The van der Waals surface area contributed by atoms with Gasteiger partial charge in [0.15, 0.2) is 0 Å². The number of H-pyrrole nitrogens is 2. The van der Waals surface area contributed by atoms with Gasteiger partial charge in [-0.1, -0.05) is 6.92 Å². The van der Waals surface area contributed by atoms with Crippen LogP contribution in [0.25, 0.3) is 0 Å². The van der Waals surface area contributed by atoms with Gasteiger partial charge in [-0.3, -0.25) is 33.7 Å². The number of hydroxylamine groups is 2. The van der Waals surface area contributed by atoms with Gasteiger partial charge in [0, 0.05) is 0 Å². The summed E-state index contributed by atoms with van der Waals surface area (Å²) in [7, 11) is 0. The SMILES string of the molecule is C[C@H]1CON(C2(C(=O)O)CC(N3C(=O)c4[nH]c(=O)c(=O)[nH]c4C3=O)C(=O)O2)C1=O. The number of rotatable bonds is 3. The number of esters is 1. The number of cyclic esters (lactones) is 1. The molecule has 0 saturated carbocycles. The zero-order chi connectivity index (χ0) is 21.2. The van der Waals surface area contributed by atoms with Crippen molar-refractivity contribution in [2.45, 2.75) is 25.1 Å². The number of hydrogen-bond acceptors (Lipinski definition) is 9. The van der Waals surface area contributed by atoms with E-state index in [0.29, 0.717) is 9.96 Å². The molecule has 0 bridgehead atoms. The molecule has 1 aromatic heterocycles. The smallest absolute Gasteiger partial charge is 0.372 e. The van der Waals surface area contributed by atoms with Crippen LogP contribution in [0.2, 0.25) is 0 Å². The highest BCUT2D eigenvalue weighted by Gasteiger charge is 2.64. The summed E-state index contributed by atoms with van der Waals surface area (Å²) < 4.78 is 4.93. The van der Waals surface area contributed by atoms with Gasteiger partial charge in [0.1, 0.15) is 17.4 Å². The molecule has 152 valence electrons. The second kappa shape index (κ2) is 5.84. The van der Waals surface area contributed by atoms with E-state index in [1.54, 1.807) is 0 Å². The average molecular weight is 408 g/mol. The first-order chi connectivity index (χ1) is 13.6. The number of nitrogens with one attached hydrogen (secondary N) is 2. The second-order valence-corrected chi connectivity index (χ2v) is 6.70. The van der Waals surface area contributed by atoms with Gasteiger partial charge in [-0.15, -0.1) is 0 Å². The van der Waals surface area contributed by atoms with Gasteiger partial charge >= 0.3 is 28.8 Å². The Hall–Kier alpha value is -3.81. The minimum atomic E-state index is -2.58. The predicted octanol–water partition coefficient (Wildman–Crippen LogP) is -2.83. The number of nitrogens with zero attached hydrogens (tertiary/aromatic N) is 2. The molecule has 14 nitrogen and oxygen atoms in total. The van der Waals surface area contributed by atoms with Crippen molar-refractivity contribution >= 4 is 29.7 Å². The number of carboxylic acid groups (broad SMARTS) is 1. The van der Waals surface area contributed by atoms with E-state index in [1.165, 1.54) is 6.92 Å². The summed E-state index contributed by atoms with van der Waals surface area (Å²) in [6.45, 7) is 1.33. The zero-order valence-corrected chi connectivity index (χ0v) is 14.6. The summed E-state index contributed by atoms with van der Waals surface area (Å²) in [6.07, 6.45) is -0.806. The molecule has 0 aliphatic carbocycles. The fourth-order valence-corrected chi connectivity index (χ4v) is 3.37. The lowest BCUT2D eigenvalue weighted by molar-refractivity contribution is -0.256. The van der Waals surface area contributed by atoms with Crippen molar-refractivity contribution in [1.29, 1.82) is 0 Å². The molecule has 0 aromatic carbocycles. The van der Waals surface area contributed by atoms with E-state index in [9.17, 15) is 38.7 Å². The highest BCUT2D eigenvalue weighted by atomic mass is 16.7. The van der Waals surface area contributed by atoms with Crippen LogP contribution in [-0.4, -0.2) is 73.1 Å². The lowest BCUT2D eigenvalue weighted by Crippen LogP contribution is -2.55. The van der Waals surface area contributed by atoms with Gasteiger partial charge in [-0.25, -0.2) is 9.59 Å². The van der Waals surface area contributed by atoms with E-state index in [-0.39, 0.29) is 6.61 Å². The number of aromatic nitrogens is 2. The first kappa shape index (κ1) is 18.5. The summed E-state index contributed by atoms with van der Waals surface area (Å²) >= 11 is 0. The molecule has 0 spiro atoms. The maximum atomic E-state index is 12.6. The molecule has 2 fully saturated rings. The van der Waals surface area contributed by atoms with Gasteiger partial charge in [-0.2, -0.15) is 5.06 Å². The third-order valence-corrected chi connectivity index (χ3v) is 4.86. The van der Waals surface area contributed by atoms with Gasteiger partial charge in [0.05, 0.1) is 18.9 Å². The van der Waals surface area contributed by atoms with E-state index in [4.69, 9.17) is 9.57 Å². The molecule has 29 heavy (non-hydrogen) atoms. The summed E-state index contributed by atoms with van der Waals surface area (Å²) in [5.74, 6) is -6.74. The van der Waals surface area contributed by atoms with Crippen molar-refractivity contribution < 1.29 is 38.7 Å². The first-order valence-corrected chi connectivity index (χ1v) is 8.26. The zero-order valence-electron chi connectivity index (χ0n) is 14.6. The molecule has 3 aliphatic heterocycles.